The Morgan fingerprint density at radius 3 is 2.65 bits per heavy atom. The Hall–Kier alpha value is -1.96. The van der Waals surface area contributed by atoms with Crippen LogP contribution in [0.4, 0.5) is 23.7 Å². The molecule has 0 saturated heterocycles. The minimum Gasteiger partial charge on any atom is -0.485 e. The lowest BCUT2D eigenvalue weighted by Crippen LogP contribution is -2.32. The van der Waals surface area contributed by atoms with E-state index >= 15 is 0 Å². The van der Waals surface area contributed by atoms with Gasteiger partial charge in [-0.1, -0.05) is 13.8 Å². The second-order valence-electron chi connectivity index (χ2n) is 5.32. The molecule has 23 heavy (non-hydrogen) atoms. The maximum atomic E-state index is 13.2. The van der Waals surface area contributed by atoms with Crippen molar-refractivity contribution in [1.82, 2.24) is 5.32 Å². The van der Waals surface area contributed by atoms with Crippen molar-refractivity contribution in [2.45, 2.75) is 32.8 Å². The summed E-state index contributed by atoms with van der Waals surface area (Å²) in [5.74, 6) is -0.769. The van der Waals surface area contributed by atoms with Crippen molar-refractivity contribution in [3.8, 4) is 5.75 Å². The van der Waals surface area contributed by atoms with E-state index in [9.17, 15) is 23.1 Å². The van der Waals surface area contributed by atoms with Gasteiger partial charge in [0.2, 0.25) is 0 Å². The van der Waals surface area contributed by atoms with Crippen LogP contribution in [0.15, 0.2) is 18.2 Å². The number of halogens is 3. The van der Waals surface area contributed by atoms with Crippen LogP contribution in [-0.2, 0) is 0 Å². The summed E-state index contributed by atoms with van der Waals surface area (Å²) in [6.07, 6.45) is -2.87. The molecule has 0 aliphatic rings. The lowest BCUT2D eigenvalue weighted by Gasteiger charge is -2.16. The molecule has 1 rings (SSSR count). The van der Waals surface area contributed by atoms with E-state index in [1.807, 2.05) is 13.8 Å². The Morgan fingerprint density at radius 2 is 2.04 bits per heavy atom. The molecule has 0 radical (unpaired) electrons. The number of alkyl halides is 2. The third-order valence-corrected chi connectivity index (χ3v) is 3.05. The van der Waals surface area contributed by atoms with Crippen molar-refractivity contribution in [3.63, 3.8) is 0 Å². The third kappa shape index (κ3) is 7.23. The fourth-order valence-electron chi connectivity index (χ4n) is 1.71. The predicted octanol–water partition coefficient (Wildman–Crippen LogP) is 3.00. The Kier molecular flexibility index (Phi) is 7.67. The fraction of sp³-hybridized carbons (Fsp3) is 0.533. The molecular weight excluding hydrogens is 313 g/mol. The molecule has 0 aliphatic heterocycles. The van der Waals surface area contributed by atoms with Gasteiger partial charge in [-0.25, -0.2) is 18.0 Å². The number of anilines is 1. The molecule has 1 atom stereocenters. The molecule has 0 fully saturated rings. The van der Waals surface area contributed by atoms with Gasteiger partial charge in [-0.15, -0.1) is 0 Å². The van der Waals surface area contributed by atoms with Crippen LogP contribution in [0.3, 0.4) is 0 Å². The van der Waals surface area contributed by atoms with Crippen LogP contribution >= 0.6 is 0 Å². The average molecular weight is 334 g/mol. The molecule has 1 aromatic rings. The van der Waals surface area contributed by atoms with Crippen molar-refractivity contribution in [2.24, 2.45) is 5.92 Å². The van der Waals surface area contributed by atoms with Crippen LogP contribution in [-0.4, -0.2) is 36.8 Å². The second kappa shape index (κ2) is 9.24. The van der Waals surface area contributed by atoms with Gasteiger partial charge in [-0.05, 0) is 24.5 Å². The van der Waals surface area contributed by atoms with Crippen molar-refractivity contribution >= 4 is 11.7 Å². The standard InChI is InChI=1S/C15H21F3N2O3/c1-9(2)12(21)5-6-19-15(22)20-11-4-3-10(16)7-13(11)23-8-14(17)18/h3-4,7,9,12,14,21H,5-6,8H2,1-2H3,(H2,19,20,22). The third-order valence-electron chi connectivity index (χ3n) is 3.05. The zero-order valence-corrected chi connectivity index (χ0v) is 13.0. The Labute approximate surface area is 132 Å². The van der Waals surface area contributed by atoms with Crippen LogP contribution in [0.25, 0.3) is 0 Å². The van der Waals surface area contributed by atoms with Gasteiger partial charge in [0.15, 0.2) is 0 Å². The monoisotopic (exact) mass is 334 g/mol. The number of carbonyl (C=O) groups excluding carboxylic acids is 1. The average Bonchev–Trinajstić information content (AvgIpc) is 2.47. The van der Waals surface area contributed by atoms with Crippen molar-refractivity contribution < 1.29 is 27.8 Å². The van der Waals surface area contributed by atoms with Crippen LogP contribution in [0.1, 0.15) is 20.3 Å². The Morgan fingerprint density at radius 1 is 1.35 bits per heavy atom. The van der Waals surface area contributed by atoms with Gasteiger partial charge in [-0.2, -0.15) is 0 Å². The van der Waals surface area contributed by atoms with Gasteiger partial charge < -0.3 is 20.5 Å². The smallest absolute Gasteiger partial charge is 0.319 e. The maximum absolute atomic E-state index is 13.2. The summed E-state index contributed by atoms with van der Waals surface area (Å²) in [5, 5.41) is 14.5. The normalized spacial score (nSPS) is 12.3. The van der Waals surface area contributed by atoms with E-state index < -0.39 is 31.0 Å². The first-order valence-electron chi connectivity index (χ1n) is 7.23. The van der Waals surface area contributed by atoms with E-state index in [2.05, 4.69) is 10.6 Å². The summed E-state index contributed by atoms with van der Waals surface area (Å²) in [4.78, 5) is 11.7. The van der Waals surface area contributed by atoms with Crippen molar-refractivity contribution in [1.29, 1.82) is 0 Å². The highest BCUT2D eigenvalue weighted by molar-refractivity contribution is 5.90. The number of amides is 2. The van der Waals surface area contributed by atoms with E-state index in [1.165, 1.54) is 6.07 Å². The summed E-state index contributed by atoms with van der Waals surface area (Å²) >= 11 is 0. The molecule has 5 nitrogen and oxygen atoms in total. The zero-order chi connectivity index (χ0) is 17.4. The van der Waals surface area contributed by atoms with Crippen LogP contribution in [0, 0.1) is 11.7 Å². The van der Waals surface area contributed by atoms with Gasteiger partial charge in [-0.3, -0.25) is 0 Å². The summed E-state index contributed by atoms with van der Waals surface area (Å²) in [5.41, 5.74) is 0.0777. The number of nitrogens with one attached hydrogen (secondary N) is 2. The minimum atomic E-state index is -2.71. The summed E-state index contributed by atoms with van der Waals surface area (Å²) in [7, 11) is 0. The minimum absolute atomic E-state index is 0.0753. The number of hydrogen-bond donors (Lipinski definition) is 3. The first kappa shape index (κ1) is 19.1. The molecule has 130 valence electrons. The second-order valence-corrected chi connectivity index (χ2v) is 5.32. The number of ether oxygens (including phenoxy) is 1. The van der Waals surface area contributed by atoms with Gasteiger partial charge >= 0.3 is 6.03 Å². The SMILES string of the molecule is CC(C)C(O)CCNC(=O)Nc1ccc(F)cc1OCC(F)F. The molecule has 0 aromatic heterocycles. The highest BCUT2D eigenvalue weighted by atomic mass is 19.3. The lowest BCUT2D eigenvalue weighted by molar-refractivity contribution is 0.0821. The Bertz CT molecular complexity index is 513. The van der Waals surface area contributed by atoms with Gasteiger partial charge in [0.1, 0.15) is 18.2 Å². The van der Waals surface area contributed by atoms with E-state index in [-0.39, 0.29) is 23.9 Å². The number of urea groups is 1. The summed E-state index contributed by atoms with van der Waals surface area (Å²) in [6.45, 7) is 3.05. The van der Waals surface area contributed by atoms with Crippen LogP contribution in [0.2, 0.25) is 0 Å². The van der Waals surface area contributed by atoms with E-state index in [0.717, 1.165) is 12.1 Å². The summed E-state index contributed by atoms with van der Waals surface area (Å²) < 4.78 is 42.3. The maximum Gasteiger partial charge on any atom is 0.319 e. The van der Waals surface area contributed by atoms with E-state index in [1.54, 1.807) is 0 Å². The highest BCUT2D eigenvalue weighted by Gasteiger charge is 2.13. The fourth-order valence-corrected chi connectivity index (χ4v) is 1.71. The largest absolute Gasteiger partial charge is 0.485 e. The molecule has 1 aromatic carbocycles. The first-order chi connectivity index (χ1) is 10.8. The van der Waals surface area contributed by atoms with Gasteiger partial charge in [0.05, 0.1) is 11.8 Å². The molecule has 0 heterocycles. The molecule has 0 aliphatic carbocycles. The first-order valence-corrected chi connectivity index (χ1v) is 7.23. The molecule has 0 bridgehead atoms. The Balaban J connectivity index is 2.56. The molecule has 0 spiro atoms. The number of rotatable bonds is 8. The molecule has 3 N–H and O–H groups in total. The predicted molar refractivity (Wildman–Crippen MR) is 80.4 cm³/mol. The molecule has 2 amide bonds. The number of hydrogen-bond acceptors (Lipinski definition) is 3. The topological polar surface area (TPSA) is 70.6 Å². The number of aliphatic hydroxyl groups is 1. The number of aliphatic hydroxyl groups excluding tert-OH is 1. The summed E-state index contributed by atoms with van der Waals surface area (Å²) in [6, 6.07) is 2.61. The molecule has 0 saturated carbocycles. The zero-order valence-electron chi connectivity index (χ0n) is 13.0. The van der Waals surface area contributed by atoms with Gasteiger partial charge in [0.25, 0.3) is 6.43 Å². The molecule has 8 heteroatoms. The van der Waals surface area contributed by atoms with E-state index in [0.29, 0.717) is 6.42 Å². The highest BCUT2D eigenvalue weighted by Crippen LogP contribution is 2.25. The number of benzene rings is 1. The lowest BCUT2D eigenvalue weighted by atomic mass is 10.0. The van der Waals surface area contributed by atoms with Crippen LogP contribution in [0.5, 0.6) is 5.75 Å². The van der Waals surface area contributed by atoms with E-state index in [4.69, 9.17) is 4.74 Å². The van der Waals surface area contributed by atoms with Crippen molar-refractivity contribution in [3.05, 3.63) is 24.0 Å². The van der Waals surface area contributed by atoms with Crippen molar-refractivity contribution in [2.75, 3.05) is 18.5 Å². The van der Waals surface area contributed by atoms with Crippen LogP contribution < -0.4 is 15.4 Å². The molecular formula is C15H21F3N2O3. The quantitative estimate of drug-likeness (QED) is 0.684. The molecule has 1 unspecified atom stereocenters. The van der Waals surface area contributed by atoms with Gasteiger partial charge in [0, 0.05) is 12.6 Å². The number of carbonyl (C=O) groups is 1.